The molecule has 0 spiro atoms. The molecule has 0 unspecified atom stereocenters. The largest absolute Gasteiger partial charge is 0.480 e. The van der Waals surface area contributed by atoms with E-state index in [1.807, 2.05) is 12.1 Å². The van der Waals surface area contributed by atoms with Crippen LogP contribution < -0.4 is 16.0 Å². The van der Waals surface area contributed by atoms with Gasteiger partial charge in [0.15, 0.2) is 22.5 Å². The van der Waals surface area contributed by atoms with E-state index in [0.717, 1.165) is 63.6 Å². The van der Waals surface area contributed by atoms with Gasteiger partial charge in [0.1, 0.15) is 6.54 Å². The molecule has 3 heterocycles. The molecule has 2 aliphatic heterocycles. The third kappa shape index (κ3) is 6.81. The number of nitrogens with zero attached hydrogens (tertiary/aromatic N) is 5. The molecule has 12 heteroatoms. The van der Waals surface area contributed by atoms with Crippen LogP contribution in [0.15, 0.2) is 24.3 Å². The molecule has 1 atom stereocenters. The predicted molar refractivity (Wildman–Crippen MR) is 144 cm³/mol. The number of hydrogen-bond donors (Lipinski definition) is 3. The van der Waals surface area contributed by atoms with Crippen molar-refractivity contribution in [3.63, 3.8) is 0 Å². The van der Waals surface area contributed by atoms with Crippen LogP contribution in [0, 0.1) is 0 Å². The molecule has 4 rings (SSSR count). The van der Waals surface area contributed by atoms with Crippen molar-refractivity contribution < 1.29 is 14.7 Å². The number of piperazine rings is 1. The van der Waals surface area contributed by atoms with Gasteiger partial charge < -0.3 is 21.1 Å². The lowest BCUT2D eigenvalue weighted by atomic mass is 9.98. The van der Waals surface area contributed by atoms with Crippen molar-refractivity contribution in [2.24, 2.45) is 0 Å². The number of anilines is 2. The minimum Gasteiger partial charge on any atom is -0.480 e. The number of aromatic nitrogens is 2. The van der Waals surface area contributed by atoms with E-state index in [2.05, 4.69) is 49.0 Å². The molecule has 2 fully saturated rings. The first-order chi connectivity index (χ1) is 17.7. The molecule has 0 aliphatic carbocycles. The van der Waals surface area contributed by atoms with Gasteiger partial charge in [-0.25, -0.2) is 9.97 Å². The Morgan fingerprint density at radius 2 is 1.81 bits per heavy atom. The summed E-state index contributed by atoms with van der Waals surface area (Å²) in [4.78, 5) is 38.7. The number of amides is 1. The van der Waals surface area contributed by atoms with Crippen LogP contribution in [0.25, 0.3) is 0 Å². The van der Waals surface area contributed by atoms with Crippen LogP contribution in [-0.2, 0) is 11.3 Å². The topological polar surface area (TPSA) is 128 Å². The van der Waals surface area contributed by atoms with E-state index in [-0.39, 0.29) is 16.7 Å². The van der Waals surface area contributed by atoms with Crippen molar-refractivity contribution in [3.05, 3.63) is 45.7 Å². The minimum atomic E-state index is -1.17. The van der Waals surface area contributed by atoms with E-state index in [0.29, 0.717) is 17.9 Å². The second kappa shape index (κ2) is 12.3. The van der Waals surface area contributed by atoms with Crippen LogP contribution in [-0.4, -0.2) is 88.1 Å². The molecule has 1 amide bonds. The number of carboxylic acid groups (broad SMARTS) is 1. The van der Waals surface area contributed by atoms with Crippen LogP contribution in [0.4, 0.5) is 11.6 Å². The Labute approximate surface area is 226 Å². The first kappa shape index (κ1) is 27.4. The highest BCUT2D eigenvalue weighted by Crippen LogP contribution is 2.30. The van der Waals surface area contributed by atoms with Gasteiger partial charge in [-0.05, 0) is 50.0 Å². The number of carbonyl (C=O) groups excluding carboxylic acids is 1. The summed E-state index contributed by atoms with van der Waals surface area (Å²) >= 11 is 12.4. The summed E-state index contributed by atoms with van der Waals surface area (Å²) in [6.45, 7) is 7.04. The van der Waals surface area contributed by atoms with Crippen LogP contribution in [0.3, 0.4) is 0 Å². The summed E-state index contributed by atoms with van der Waals surface area (Å²) < 4.78 is 0. The molecule has 10 nitrogen and oxygen atoms in total. The minimum absolute atomic E-state index is 0.0773. The van der Waals surface area contributed by atoms with E-state index in [1.165, 1.54) is 5.56 Å². The number of nitrogens with one attached hydrogen (secondary N) is 1. The van der Waals surface area contributed by atoms with Gasteiger partial charge >= 0.3 is 5.97 Å². The molecule has 2 aromatic rings. The first-order valence-corrected chi connectivity index (χ1v) is 13.3. The van der Waals surface area contributed by atoms with E-state index in [9.17, 15) is 9.59 Å². The number of nitrogens with two attached hydrogens (primary N) is 1. The maximum atomic E-state index is 12.2. The van der Waals surface area contributed by atoms with Gasteiger partial charge in [0.25, 0.3) is 5.91 Å². The summed E-state index contributed by atoms with van der Waals surface area (Å²) in [6, 6.07) is 8.94. The molecule has 1 aromatic carbocycles. The fraction of sp³-hybridized carbons (Fsp3) is 0.520. The lowest BCUT2D eigenvalue weighted by Crippen LogP contribution is -2.58. The standard InChI is InChI=1S/C25H33Cl2N7O3/c1-2-18-15-33(24-22(27)30-21(23(28)31-24)25(37)29-13-20(35)36)11-12-34(18)19-7-9-32(10-8-19)14-16-3-5-17(26)6-4-16/h3-6,18-19H,2,7-15H2,1H3,(H2,28,31)(H,29,37)(H,35,36)/t18-/m0/s1. The van der Waals surface area contributed by atoms with Crippen LogP contribution in [0.5, 0.6) is 0 Å². The normalized spacial score (nSPS) is 19.6. The Morgan fingerprint density at radius 1 is 1.11 bits per heavy atom. The molecule has 37 heavy (non-hydrogen) atoms. The fourth-order valence-electron chi connectivity index (χ4n) is 5.19. The number of rotatable bonds is 8. The highest BCUT2D eigenvalue weighted by atomic mass is 35.5. The van der Waals surface area contributed by atoms with Crippen molar-refractivity contribution in [2.45, 2.75) is 44.8 Å². The molecule has 0 saturated carbocycles. The number of piperidine rings is 1. The monoisotopic (exact) mass is 549 g/mol. The lowest BCUT2D eigenvalue weighted by Gasteiger charge is -2.47. The number of benzene rings is 1. The zero-order chi connectivity index (χ0) is 26.5. The number of likely N-dealkylation sites (tertiary alicyclic amines) is 1. The molecule has 0 bridgehead atoms. The zero-order valence-corrected chi connectivity index (χ0v) is 22.4. The van der Waals surface area contributed by atoms with Gasteiger partial charge in [0, 0.05) is 43.3 Å². The summed E-state index contributed by atoms with van der Waals surface area (Å²) in [5, 5.41) is 11.8. The molecule has 2 saturated heterocycles. The number of halogens is 2. The van der Waals surface area contributed by atoms with Crippen molar-refractivity contribution >= 4 is 46.7 Å². The second-order valence-electron chi connectivity index (χ2n) is 9.53. The summed E-state index contributed by atoms with van der Waals surface area (Å²) in [6.07, 6.45) is 3.23. The van der Waals surface area contributed by atoms with Gasteiger partial charge in [-0.15, -0.1) is 0 Å². The van der Waals surface area contributed by atoms with E-state index < -0.39 is 18.4 Å². The quantitative estimate of drug-likeness (QED) is 0.455. The van der Waals surface area contributed by atoms with Crippen LogP contribution >= 0.6 is 23.2 Å². The highest BCUT2D eigenvalue weighted by molar-refractivity contribution is 6.32. The number of carboxylic acids is 1. The number of aliphatic carboxylic acids is 1. The molecule has 4 N–H and O–H groups in total. The van der Waals surface area contributed by atoms with Gasteiger partial charge in [0.05, 0.1) is 0 Å². The summed E-state index contributed by atoms with van der Waals surface area (Å²) in [5.74, 6) is -1.52. The predicted octanol–water partition coefficient (Wildman–Crippen LogP) is 2.75. The Kier molecular flexibility index (Phi) is 9.07. The Morgan fingerprint density at radius 3 is 2.46 bits per heavy atom. The van der Waals surface area contributed by atoms with Crippen molar-refractivity contribution in [1.82, 2.24) is 25.1 Å². The Balaban J connectivity index is 1.35. The Hall–Kier alpha value is -2.66. The van der Waals surface area contributed by atoms with Crippen LogP contribution in [0.2, 0.25) is 10.2 Å². The average molecular weight is 550 g/mol. The molecular formula is C25H33Cl2N7O3. The molecular weight excluding hydrogens is 517 g/mol. The Bertz CT molecular complexity index is 1110. The third-order valence-electron chi connectivity index (χ3n) is 7.12. The molecule has 0 radical (unpaired) electrons. The number of hydrogen-bond acceptors (Lipinski definition) is 8. The summed E-state index contributed by atoms with van der Waals surface area (Å²) in [7, 11) is 0. The number of carbonyl (C=O) groups is 2. The van der Waals surface area contributed by atoms with E-state index in [1.54, 1.807) is 0 Å². The third-order valence-corrected chi connectivity index (χ3v) is 7.63. The van der Waals surface area contributed by atoms with Gasteiger partial charge in [-0.2, -0.15) is 0 Å². The molecule has 200 valence electrons. The van der Waals surface area contributed by atoms with Gasteiger partial charge in [-0.1, -0.05) is 42.3 Å². The smallest absolute Gasteiger partial charge is 0.322 e. The number of nitrogen functional groups attached to an aromatic ring is 1. The van der Waals surface area contributed by atoms with Gasteiger partial charge in [-0.3, -0.25) is 19.4 Å². The SMILES string of the molecule is CC[C@H]1CN(c2nc(N)c(C(=O)NCC(=O)O)nc2Cl)CCN1C1CCN(Cc2ccc(Cl)cc2)CC1. The van der Waals surface area contributed by atoms with Crippen molar-refractivity contribution in [3.8, 4) is 0 Å². The van der Waals surface area contributed by atoms with Crippen LogP contribution in [0.1, 0.15) is 42.2 Å². The fourth-order valence-corrected chi connectivity index (χ4v) is 5.56. The van der Waals surface area contributed by atoms with Crippen molar-refractivity contribution in [1.29, 1.82) is 0 Å². The van der Waals surface area contributed by atoms with Gasteiger partial charge in [0.2, 0.25) is 0 Å². The van der Waals surface area contributed by atoms with E-state index in [4.69, 9.17) is 34.0 Å². The summed E-state index contributed by atoms with van der Waals surface area (Å²) in [5.41, 5.74) is 7.11. The first-order valence-electron chi connectivity index (χ1n) is 12.6. The maximum absolute atomic E-state index is 12.2. The van der Waals surface area contributed by atoms with E-state index >= 15 is 0 Å². The molecule has 1 aromatic heterocycles. The molecule has 2 aliphatic rings. The second-order valence-corrected chi connectivity index (χ2v) is 10.3. The highest BCUT2D eigenvalue weighted by Gasteiger charge is 2.34. The van der Waals surface area contributed by atoms with Crippen molar-refractivity contribution in [2.75, 3.05) is 49.9 Å². The maximum Gasteiger partial charge on any atom is 0.322 e. The average Bonchev–Trinajstić information content (AvgIpc) is 2.89. The lowest BCUT2D eigenvalue weighted by molar-refractivity contribution is -0.135. The zero-order valence-electron chi connectivity index (χ0n) is 20.9.